The molecule has 2 aromatic heterocycles. The minimum absolute atomic E-state index is 0. The van der Waals surface area contributed by atoms with Crippen molar-refractivity contribution in [2.24, 2.45) is 11.8 Å². The van der Waals surface area contributed by atoms with Crippen LogP contribution >= 0.6 is 8.16 Å². The van der Waals surface area contributed by atoms with Gasteiger partial charge in [-0.2, -0.15) is 0 Å². The monoisotopic (exact) mass is 1060 g/mol. The summed E-state index contributed by atoms with van der Waals surface area (Å²) in [4.78, 5) is 43.0. The Hall–Kier alpha value is -5.18. The molecule has 3 aromatic carbocycles. The minimum atomic E-state index is -8.55. The van der Waals surface area contributed by atoms with Crippen molar-refractivity contribution in [2.75, 3.05) is 36.1 Å². The molecule has 0 fully saturated rings. The SMILES string of the molecule is CC(C)C(=O)OCCCN1Cc2cccc(n2)CN(CCCOC(=O)C(C)C)Cc2cccc(n2)C1.CC1N(Cc2ccccc2)c2ccccc2N1Cc1ccccc1.C[CH+]C.FP(F)(F)(F)F.[Cu+].[F-]. The number of aromatic nitrogens is 2. The molecule has 71 heavy (non-hydrogen) atoms. The quantitative estimate of drug-likeness (QED) is 0.0267. The Labute approximate surface area is 427 Å². The van der Waals surface area contributed by atoms with Crippen molar-refractivity contribution in [1.82, 2.24) is 19.8 Å². The number of ether oxygens (including phenoxy) is 2. The fourth-order valence-electron chi connectivity index (χ4n) is 7.53. The number of benzene rings is 3. The Morgan fingerprint density at radius 3 is 1.17 bits per heavy atom. The van der Waals surface area contributed by atoms with Crippen molar-refractivity contribution in [1.29, 1.82) is 0 Å². The van der Waals surface area contributed by atoms with Gasteiger partial charge in [-0.25, -0.2) is 0 Å². The topological polar surface area (TPSA) is 91.3 Å². The molecule has 0 spiro atoms. The molecule has 4 bridgehead atoms. The van der Waals surface area contributed by atoms with E-state index in [1.807, 2.05) is 48.0 Å². The number of hydrogen-bond acceptors (Lipinski definition) is 10. The van der Waals surface area contributed by atoms with Crippen LogP contribution in [0.3, 0.4) is 0 Å². The molecule has 0 saturated carbocycles. The summed E-state index contributed by atoms with van der Waals surface area (Å²) >= 11 is 0. The number of carbonyl (C=O) groups excluding carboxylic acids is 2. The smallest absolute Gasteiger partial charge is 1.00 e. The number of anilines is 2. The average molecular weight is 1060 g/mol. The standard InChI is InChI=1S/C28H40N4O4.C22H22N2.C3H7.Cu.F5P.FH/c1-21(2)27(33)35-15-7-13-31-17-23-9-5-11-25(29-23)19-32(14-8-16-36-28(34)22(3)4)20-26-12-6-10-24(18-31)30-26;1-18-23(16-19-10-4-2-5-11-19)21-14-8-9-15-22(21)24(18)17-20-12-6-3-7-13-20;1-3-2;;1-6(2,3,4)5;/h5-6,9-12,21-22H,7-8,13-20H2,1-4H3;2-15,18H,16-17H2,1H3;3H,1-2H3;;;1H/q;;2*+1;;/p-1. The minimum Gasteiger partial charge on any atom is -1.00 e. The van der Waals surface area contributed by atoms with E-state index in [1.54, 1.807) is 0 Å². The molecule has 392 valence electrons. The van der Waals surface area contributed by atoms with Crippen LogP contribution in [0.4, 0.5) is 32.4 Å². The van der Waals surface area contributed by atoms with Crippen molar-refractivity contribution in [2.45, 2.75) is 107 Å². The second-order valence-corrected chi connectivity index (χ2v) is 18.9. The Morgan fingerprint density at radius 1 is 0.577 bits per heavy atom. The fraction of sp³-hybridized carbons (Fsp3) is 0.415. The summed E-state index contributed by atoms with van der Waals surface area (Å²) < 4.78 is 59.9. The molecule has 0 amide bonds. The molecule has 0 saturated heterocycles. The number of rotatable bonds is 14. The van der Waals surface area contributed by atoms with Gasteiger partial charge in [0.15, 0.2) is 0 Å². The summed E-state index contributed by atoms with van der Waals surface area (Å²) in [7, 11) is -8.55. The van der Waals surface area contributed by atoms with Gasteiger partial charge in [0.05, 0.1) is 85.6 Å². The van der Waals surface area contributed by atoms with Crippen LogP contribution in [0.15, 0.2) is 121 Å². The van der Waals surface area contributed by atoms with Gasteiger partial charge in [-0.1, -0.05) is 113 Å². The predicted octanol–water partition coefficient (Wildman–Crippen LogP) is 10.2. The Kier molecular flexibility index (Phi) is 26.7. The van der Waals surface area contributed by atoms with Gasteiger partial charge in [0, 0.05) is 52.4 Å². The van der Waals surface area contributed by atoms with Crippen LogP contribution in [0.5, 0.6) is 0 Å². The molecular formula is C53H69CuF6N6O4P+. The first-order chi connectivity index (χ1) is 32.8. The molecular weight excluding hydrogens is 993 g/mol. The van der Waals surface area contributed by atoms with Crippen LogP contribution in [0.25, 0.3) is 0 Å². The van der Waals surface area contributed by atoms with E-state index in [1.165, 1.54) is 22.5 Å². The maximum absolute atomic E-state index is 11.8. The van der Waals surface area contributed by atoms with Gasteiger partial charge in [-0.15, -0.1) is 0 Å². The molecule has 0 N–H and O–H groups in total. The molecule has 2 aliphatic heterocycles. The van der Waals surface area contributed by atoms with Gasteiger partial charge < -0.3 is 24.0 Å². The molecule has 10 nitrogen and oxygen atoms in total. The fourth-order valence-corrected chi connectivity index (χ4v) is 7.53. The third kappa shape index (κ3) is 23.7. The Morgan fingerprint density at radius 2 is 0.873 bits per heavy atom. The summed E-state index contributed by atoms with van der Waals surface area (Å²) in [5.41, 5.74) is 9.38. The molecule has 7 rings (SSSR count). The first-order valence-electron chi connectivity index (χ1n) is 23.5. The summed E-state index contributed by atoms with van der Waals surface area (Å²) in [5, 5.41) is 0. The number of fused-ring (bicyclic) bond motifs is 5. The molecule has 4 heterocycles. The second kappa shape index (κ2) is 30.6. The van der Waals surface area contributed by atoms with Crippen LogP contribution in [-0.2, 0) is 75.4 Å². The zero-order chi connectivity index (χ0) is 50.4. The first kappa shape index (κ1) is 61.9. The van der Waals surface area contributed by atoms with Crippen LogP contribution < -0.4 is 14.5 Å². The van der Waals surface area contributed by atoms with Gasteiger partial charge in [0.1, 0.15) is 0 Å². The van der Waals surface area contributed by atoms with E-state index in [2.05, 4.69) is 148 Å². The van der Waals surface area contributed by atoms with E-state index in [0.717, 1.165) is 61.8 Å². The zero-order valence-corrected chi connectivity index (χ0v) is 43.5. The summed E-state index contributed by atoms with van der Waals surface area (Å²) in [6.45, 7) is 20.7. The number of carbonyl (C=O) groups is 2. The number of pyridine rings is 2. The Bertz CT molecular complexity index is 2110. The first-order valence-corrected chi connectivity index (χ1v) is 25.2. The van der Waals surface area contributed by atoms with Crippen LogP contribution in [0, 0.1) is 18.3 Å². The average Bonchev–Trinajstić information content (AvgIpc) is 3.55. The summed E-state index contributed by atoms with van der Waals surface area (Å²) in [6.07, 6.45) is 3.85. The number of halogens is 6. The van der Waals surface area contributed by atoms with Crippen molar-refractivity contribution in [3.8, 4) is 0 Å². The second-order valence-electron chi connectivity index (χ2n) is 17.6. The third-order valence-corrected chi connectivity index (χ3v) is 10.7. The van der Waals surface area contributed by atoms with Gasteiger partial charge >= 0.3 is 58.1 Å². The van der Waals surface area contributed by atoms with Gasteiger partial charge in [-0.05, 0) is 67.3 Å². The van der Waals surface area contributed by atoms with E-state index < -0.39 is 8.16 Å². The normalized spacial score (nSPS) is 14.1. The van der Waals surface area contributed by atoms with Crippen LogP contribution in [-0.4, -0.2) is 64.2 Å². The number of hydrogen-bond donors (Lipinski definition) is 0. The van der Waals surface area contributed by atoms with Crippen molar-refractivity contribution < 1.29 is 61.8 Å². The van der Waals surface area contributed by atoms with Crippen LogP contribution in [0.1, 0.15) is 95.2 Å². The van der Waals surface area contributed by atoms with Crippen molar-refractivity contribution >= 4 is 31.5 Å². The van der Waals surface area contributed by atoms with Crippen molar-refractivity contribution in [3.63, 3.8) is 0 Å². The van der Waals surface area contributed by atoms with E-state index in [4.69, 9.17) is 19.4 Å². The number of esters is 2. The van der Waals surface area contributed by atoms with Gasteiger partial charge in [0.2, 0.25) is 0 Å². The molecule has 5 aromatic rings. The van der Waals surface area contributed by atoms with E-state index in [9.17, 15) is 30.6 Å². The van der Waals surface area contributed by atoms with E-state index >= 15 is 0 Å². The van der Waals surface area contributed by atoms with Crippen LogP contribution in [0.2, 0.25) is 0 Å². The molecule has 0 aliphatic carbocycles. The molecule has 18 heteroatoms. The number of nitrogens with zero attached hydrogens (tertiary/aromatic N) is 6. The summed E-state index contributed by atoms with van der Waals surface area (Å²) in [5.74, 6) is -0.537. The molecule has 0 atom stereocenters. The maximum Gasteiger partial charge on any atom is 1.00 e. The largest absolute Gasteiger partial charge is 1.00 e. The zero-order valence-electron chi connectivity index (χ0n) is 41.7. The maximum atomic E-state index is 11.8. The summed E-state index contributed by atoms with van der Waals surface area (Å²) in [6, 6.07) is 42.5. The van der Waals surface area contributed by atoms with Gasteiger partial charge in [-0.3, -0.25) is 29.4 Å². The Balaban J connectivity index is 0.000000424. The molecule has 0 unspecified atom stereocenters. The molecule has 2 aliphatic rings. The predicted molar refractivity (Wildman–Crippen MR) is 267 cm³/mol. The van der Waals surface area contributed by atoms with Gasteiger partial charge in [0.25, 0.3) is 0 Å². The van der Waals surface area contributed by atoms with E-state index in [0.29, 0.717) is 45.6 Å². The van der Waals surface area contributed by atoms with E-state index in [-0.39, 0.29) is 45.5 Å². The van der Waals surface area contributed by atoms with Crippen molar-refractivity contribution in [3.05, 3.63) is 162 Å². The number of para-hydroxylation sites is 2. The molecule has 0 radical (unpaired) electrons. The third-order valence-electron chi connectivity index (χ3n) is 10.7.